The smallest absolute Gasteiger partial charge is 0.137 e. The first-order chi connectivity index (χ1) is 27.5. The van der Waals surface area contributed by atoms with Crippen molar-refractivity contribution in [3.05, 3.63) is 157 Å². The molecule has 4 aromatic carbocycles. The summed E-state index contributed by atoms with van der Waals surface area (Å²) in [6.45, 7) is 16.5. The van der Waals surface area contributed by atoms with Gasteiger partial charge in [0.1, 0.15) is 24.0 Å². The van der Waals surface area contributed by atoms with Crippen molar-refractivity contribution in [3.63, 3.8) is 0 Å². The molecule has 0 fully saturated rings. The maximum Gasteiger partial charge on any atom is 0.137 e. The van der Waals surface area contributed by atoms with E-state index in [9.17, 15) is 0 Å². The van der Waals surface area contributed by atoms with Crippen LogP contribution in [0.4, 0.5) is 22.7 Å². The van der Waals surface area contributed by atoms with Gasteiger partial charge in [0.25, 0.3) is 0 Å². The van der Waals surface area contributed by atoms with E-state index in [0.29, 0.717) is 18.5 Å². The van der Waals surface area contributed by atoms with Crippen LogP contribution in [0.1, 0.15) is 77.0 Å². The van der Waals surface area contributed by atoms with Crippen molar-refractivity contribution in [1.29, 1.82) is 0 Å². The molecule has 7 nitrogen and oxygen atoms in total. The Morgan fingerprint density at radius 1 is 0.614 bits per heavy atom. The summed E-state index contributed by atoms with van der Waals surface area (Å²) in [6.07, 6.45) is 7.66. The largest absolute Gasteiger partial charge is 0.457 e. The summed E-state index contributed by atoms with van der Waals surface area (Å²) in [5, 5.41) is 2.34. The Labute approximate surface area is 335 Å². The van der Waals surface area contributed by atoms with Gasteiger partial charge in [-0.25, -0.2) is 4.98 Å². The van der Waals surface area contributed by atoms with Gasteiger partial charge in [0.05, 0.1) is 34.3 Å². The molecule has 0 unspecified atom stereocenters. The summed E-state index contributed by atoms with van der Waals surface area (Å²) in [6, 6.07) is 40.5. The topological polar surface area (TPSA) is 59.3 Å². The predicted molar refractivity (Wildman–Crippen MR) is 235 cm³/mol. The van der Waals surface area contributed by atoms with Gasteiger partial charge in [-0.3, -0.25) is 14.5 Å². The molecule has 0 saturated heterocycles. The maximum atomic E-state index is 6.71. The van der Waals surface area contributed by atoms with Crippen LogP contribution < -0.4 is 14.5 Å². The summed E-state index contributed by atoms with van der Waals surface area (Å²) in [4.78, 5) is 19.0. The highest BCUT2D eigenvalue weighted by Gasteiger charge is 2.32. The normalized spacial score (nSPS) is 13.0. The number of pyridine rings is 3. The second-order valence-electron chi connectivity index (χ2n) is 16.7. The van der Waals surface area contributed by atoms with Crippen LogP contribution in [0.25, 0.3) is 38.9 Å². The van der Waals surface area contributed by atoms with Crippen LogP contribution >= 0.6 is 0 Å². The van der Waals surface area contributed by atoms with Crippen LogP contribution in [-0.4, -0.2) is 26.2 Å². The highest BCUT2D eigenvalue weighted by molar-refractivity contribution is 6.09. The molecule has 0 saturated carbocycles. The Balaban J connectivity index is 1.09. The van der Waals surface area contributed by atoms with E-state index in [2.05, 4.69) is 171 Å². The lowest BCUT2D eigenvalue weighted by Gasteiger charge is -2.30. The van der Waals surface area contributed by atoms with Crippen molar-refractivity contribution >= 4 is 44.6 Å². The number of hydrogen-bond donors (Lipinski definition) is 0. The van der Waals surface area contributed by atoms with Gasteiger partial charge in [-0.1, -0.05) is 78.8 Å². The molecule has 0 radical (unpaired) electrons. The lowest BCUT2D eigenvalue weighted by molar-refractivity contribution is 0.483. The zero-order chi connectivity index (χ0) is 39.4. The van der Waals surface area contributed by atoms with Gasteiger partial charge in [0, 0.05) is 58.4 Å². The molecule has 4 aromatic heterocycles. The zero-order valence-corrected chi connectivity index (χ0v) is 33.7. The van der Waals surface area contributed by atoms with Crippen LogP contribution in [0.5, 0.6) is 11.5 Å². The predicted octanol–water partition coefficient (Wildman–Crippen LogP) is 13.2. The third-order valence-corrected chi connectivity index (χ3v) is 11.1. The van der Waals surface area contributed by atoms with Gasteiger partial charge in [0.2, 0.25) is 0 Å². The van der Waals surface area contributed by atoms with Crippen LogP contribution in [0.15, 0.2) is 140 Å². The lowest BCUT2D eigenvalue weighted by atomic mass is 9.88. The quantitative estimate of drug-likeness (QED) is 0.154. The van der Waals surface area contributed by atoms with Gasteiger partial charge < -0.3 is 14.5 Å². The molecular formula is C50H48N6O. The van der Waals surface area contributed by atoms with Crippen molar-refractivity contribution in [2.24, 2.45) is 0 Å². The molecule has 57 heavy (non-hydrogen) atoms. The third-order valence-electron chi connectivity index (χ3n) is 11.1. The molecule has 7 heteroatoms. The van der Waals surface area contributed by atoms with Crippen molar-refractivity contribution in [3.8, 4) is 28.6 Å². The second kappa shape index (κ2) is 14.2. The van der Waals surface area contributed by atoms with E-state index in [4.69, 9.17) is 14.7 Å². The highest BCUT2D eigenvalue weighted by Crippen LogP contribution is 2.49. The molecular weight excluding hydrogens is 701 g/mol. The fourth-order valence-corrected chi connectivity index (χ4v) is 8.19. The minimum Gasteiger partial charge on any atom is -0.457 e. The fraction of sp³-hybridized carbons (Fsp3) is 0.220. The minimum absolute atomic E-state index is 0.00315. The summed E-state index contributed by atoms with van der Waals surface area (Å²) >= 11 is 0. The first kappa shape index (κ1) is 36.2. The monoisotopic (exact) mass is 748 g/mol. The molecule has 284 valence electrons. The van der Waals surface area contributed by atoms with Crippen LogP contribution in [0, 0.1) is 0 Å². The van der Waals surface area contributed by atoms with Gasteiger partial charge in [-0.15, -0.1) is 0 Å². The van der Waals surface area contributed by atoms with E-state index in [0.717, 1.165) is 62.1 Å². The van der Waals surface area contributed by atoms with E-state index in [1.165, 1.54) is 27.8 Å². The van der Waals surface area contributed by atoms with E-state index >= 15 is 0 Å². The number of nitrogens with zero attached hydrogens (tertiary/aromatic N) is 6. The Hall–Kier alpha value is -6.47. The van der Waals surface area contributed by atoms with Crippen molar-refractivity contribution < 1.29 is 4.74 Å². The first-order valence-corrected chi connectivity index (χ1v) is 19.9. The molecule has 0 aliphatic carbocycles. The molecule has 9 rings (SSSR count). The summed E-state index contributed by atoms with van der Waals surface area (Å²) in [5.74, 6) is 3.01. The van der Waals surface area contributed by atoms with Gasteiger partial charge in [0.15, 0.2) is 0 Å². The van der Waals surface area contributed by atoms with Crippen molar-refractivity contribution in [2.75, 3.05) is 16.5 Å². The average Bonchev–Trinajstić information content (AvgIpc) is 3.76. The van der Waals surface area contributed by atoms with Gasteiger partial charge >= 0.3 is 0 Å². The standard InChI is InChI=1S/C50H48N6O/c1-32(2)41-25-34(43-16-10-11-22-52-43)26-42(33(3)4)49(41)55-31-54(47-30-51-23-21-45(47)55)36-13-12-14-37(28-36)57-38-18-19-40-39-15-8-9-17-44(39)56(46(40)29-38)48-27-35(20-24-53-48)50(5,6)7/h8-30,32-33H,31H2,1-7H3. The second-order valence-corrected chi connectivity index (χ2v) is 16.7. The molecule has 0 N–H and O–H groups in total. The van der Waals surface area contributed by atoms with Gasteiger partial charge in [-0.2, -0.15) is 0 Å². The minimum atomic E-state index is -0.00315. The Morgan fingerprint density at radius 2 is 1.37 bits per heavy atom. The van der Waals surface area contributed by atoms with E-state index in [1.54, 1.807) is 0 Å². The number of ether oxygens (including phenoxy) is 1. The highest BCUT2D eigenvalue weighted by atomic mass is 16.5. The Kier molecular flexibility index (Phi) is 9.04. The van der Waals surface area contributed by atoms with Crippen LogP contribution in [0.3, 0.4) is 0 Å². The van der Waals surface area contributed by atoms with Crippen molar-refractivity contribution in [1.82, 2.24) is 19.5 Å². The SMILES string of the molecule is CC(C)c1cc(-c2ccccn2)cc(C(C)C)c1N1CN(c2cccc(Oc3ccc4c5ccccc5n(-c5cc(C(C)(C)C)ccn5)c4c3)c2)c2cnccc21. The number of fused-ring (bicyclic) bond motifs is 4. The summed E-state index contributed by atoms with van der Waals surface area (Å²) < 4.78 is 8.97. The number of rotatable bonds is 8. The third kappa shape index (κ3) is 6.57. The Morgan fingerprint density at radius 3 is 2.12 bits per heavy atom. The number of hydrogen-bond acceptors (Lipinski definition) is 6. The zero-order valence-electron chi connectivity index (χ0n) is 33.7. The fourth-order valence-electron chi connectivity index (χ4n) is 8.19. The van der Waals surface area contributed by atoms with Crippen LogP contribution in [0.2, 0.25) is 0 Å². The first-order valence-electron chi connectivity index (χ1n) is 19.9. The van der Waals surface area contributed by atoms with E-state index in [-0.39, 0.29) is 5.41 Å². The van der Waals surface area contributed by atoms with E-state index in [1.807, 2.05) is 36.9 Å². The molecule has 0 amide bonds. The number of para-hydroxylation sites is 1. The lowest BCUT2D eigenvalue weighted by Crippen LogP contribution is -2.26. The van der Waals surface area contributed by atoms with Crippen LogP contribution in [-0.2, 0) is 5.41 Å². The number of anilines is 4. The van der Waals surface area contributed by atoms with Crippen molar-refractivity contribution in [2.45, 2.75) is 65.7 Å². The molecule has 5 heterocycles. The summed E-state index contributed by atoms with van der Waals surface area (Å²) in [7, 11) is 0. The number of aromatic nitrogens is 4. The molecule has 0 spiro atoms. The average molecular weight is 749 g/mol. The molecule has 0 bridgehead atoms. The molecule has 1 aliphatic heterocycles. The summed E-state index contributed by atoms with van der Waals surface area (Å²) in [5.41, 5.74) is 12.6. The Bertz CT molecular complexity index is 2730. The molecule has 0 atom stereocenters. The molecule has 8 aromatic rings. The number of benzene rings is 4. The molecule has 1 aliphatic rings. The maximum absolute atomic E-state index is 6.71. The van der Waals surface area contributed by atoms with Gasteiger partial charge in [-0.05, 0) is 107 Å². The van der Waals surface area contributed by atoms with E-state index < -0.39 is 0 Å².